The molecule has 0 bridgehead atoms. The molecule has 8 heteroatoms. The number of nitrogens with zero attached hydrogens (tertiary/aromatic N) is 3. The summed E-state index contributed by atoms with van der Waals surface area (Å²) in [6.45, 7) is 5.57. The smallest absolute Gasteiger partial charge is 0.258 e. The number of fused-ring (bicyclic) bond motifs is 2. The number of para-hydroxylation sites is 3. The molecule has 3 heterocycles. The fraction of sp³-hybridized carbons (Fsp3) is 0.296. The van der Waals surface area contributed by atoms with Gasteiger partial charge in [-0.15, -0.1) is 0 Å². The van der Waals surface area contributed by atoms with Crippen LogP contribution < -0.4 is 15.0 Å². The van der Waals surface area contributed by atoms with Crippen molar-refractivity contribution >= 4 is 16.7 Å². The highest BCUT2D eigenvalue weighted by molar-refractivity contribution is 5.99. The van der Waals surface area contributed by atoms with Gasteiger partial charge in [-0.25, -0.2) is 4.98 Å². The SMILES string of the molecule is Cc1cc(C(=O)CN(C)Cc2nc3ccccc3c(=O)[nH]2)c(C)n1C[C@H]1COc2ccccc2O1. The summed E-state index contributed by atoms with van der Waals surface area (Å²) in [5.74, 6) is 2.04. The molecule has 0 unspecified atom stereocenters. The molecule has 5 rings (SSSR count). The topological polar surface area (TPSA) is 89.5 Å². The van der Waals surface area contributed by atoms with Crippen LogP contribution in [-0.2, 0) is 13.1 Å². The lowest BCUT2D eigenvalue weighted by Crippen LogP contribution is -2.33. The van der Waals surface area contributed by atoms with Crippen LogP contribution >= 0.6 is 0 Å². The molecule has 2 aromatic carbocycles. The number of ketones is 1. The Bertz CT molecular complexity index is 1460. The lowest BCUT2D eigenvalue weighted by Gasteiger charge is -2.27. The van der Waals surface area contributed by atoms with Crippen molar-refractivity contribution < 1.29 is 14.3 Å². The van der Waals surface area contributed by atoms with Gasteiger partial charge in [-0.3, -0.25) is 14.5 Å². The van der Waals surface area contributed by atoms with E-state index in [2.05, 4.69) is 14.5 Å². The lowest BCUT2D eigenvalue weighted by atomic mass is 10.1. The maximum absolute atomic E-state index is 13.2. The van der Waals surface area contributed by atoms with Crippen LogP contribution in [-0.4, -0.2) is 51.5 Å². The number of aromatic amines is 1. The van der Waals surface area contributed by atoms with E-state index in [0.29, 0.717) is 42.0 Å². The summed E-state index contributed by atoms with van der Waals surface area (Å²) >= 11 is 0. The number of likely N-dealkylation sites (N-methyl/N-ethyl adjacent to an activating group) is 1. The molecule has 1 atom stereocenters. The number of carbonyl (C=O) groups is 1. The third-order valence-electron chi connectivity index (χ3n) is 6.32. The van der Waals surface area contributed by atoms with Crippen molar-refractivity contribution in [3.63, 3.8) is 0 Å². The number of carbonyl (C=O) groups excluding carboxylic acids is 1. The van der Waals surface area contributed by atoms with Gasteiger partial charge in [0.15, 0.2) is 23.4 Å². The van der Waals surface area contributed by atoms with Gasteiger partial charge in [0.25, 0.3) is 5.56 Å². The molecule has 0 radical (unpaired) electrons. The molecule has 180 valence electrons. The first-order valence-corrected chi connectivity index (χ1v) is 11.6. The van der Waals surface area contributed by atoms with Crippen molar-refractivity contribution in [3.8, 4) is 11.5 Å². The molecule has 2 aromatic heterocycles. The van der Waals surface area contributed by atoms with Gasteiger partial charge in [-0.2, -0.15) is 0 Å². The first-order chi connectivity index (χ1) is 16.9. The second kappa shape index (κ2) is 9.38. The first-order valence-electron chi connectivity index (χ1n) is 11.6. The number of aromatic nitrogens is 3. The number of benzene rings is 2. The molecule has 0 saturated carbocycles. The summed E-state index contributed by atoms with van der Waals surface area (Å²) in [5, 5.41) is 0.554. The lowest BCUT2D eigenvalue weighted by molar-refractivity contribution is 0.0777. The number of hydrogen-bond donors (Lipinski definition) is 1. The van der Waals surface area contributed by atoms with Gasteiger partial charge >= 0.3 is 0 Å². The monoisotopic (exact) mass is 472 g/mol. The summed E-state index contributed by atoms with van der Waals surface area (Å²) < 4.78 is 14.1. The van der Waals surface area contributed by atoms with Gasteiger partial charge < -0.3 is 19.0 Å². The summed E-state index contributed by atoms with van der Waals surface area (Å²) in [7, 11) is 1.84. The molecule has 4 aromatic rings. The highest BCUT2D eigenvalue weighted by Crippen LogP contribution is 2.31. The molecular formula is C27H28N4O4. The molecule has 0 spiro atoms. The van der Waals surface area contributed by atoms with Crippen molar-refractivity contribution in [1.82, 2.24) is 19.4 Å². The maximum atomic E-state index is 13.2. The van der Waals surface area contributed by atoms with Crippen LogP contribution in [0.3, 0.4) is 0 Å². The number of Topliss-reactive ketones (excluding diaryl/α,β-unsaturated/α-hetero) is 1. The van der Waals surface area contributed by atoms with Crippen molar-refractivity contribution in [3.05, 3.63) is 87.7 Å². The van der Waals surface area contributed by atoms with Gasteiger partial charge in [-0.1, -0.05) is 24.3 Å². The van der Waals surface area contributed by atoms with Crippen LogP contribution in [0.4, 0.5) is 0 Å². The number of ether oxygens (including phenoxy) is 2. The predicted molar refractivity (Wildman–Crippen MR) is 133 cm³/mol. The minimum absolute atomic E-state index is 0.0149. The summed E-state index contributed by atoms with van der Waals surface area (Å²) in [6.07, 6.45) is -0.142. The number of hydrogen-bond acceptors (Lipinski definition) is 6. The Morgan fingerprint density at radius 3 is 2.71 bits per heavy atom. The average molecular weight is 473 g/mol. The molecule has 35 heavy (non-hydrogen) atoms. The van der Waals surface area contributed by atoms with E-state index in [1.807, 2.05) is 74.3 Å². The van der Waals surface area contributed by atoms with Crippen LogP contribution in [0.15, 0.2) is 59.4 Å². The van der Waals surface area contributed by atoms with E-state index < -0.39 is 0 Å². The Hall–Kier alpha value is -3.91. The van der Waals surface area contributed by atoms with Crippen LogP contribution in [0.1, 0.15) is 27.6 Å². The second-order valence-corrected chi connectivity index (χ2v) is 9.02. The number of nitrogens with one attached hydrogen (secondary N) is 1. The molecule has 8 nitrogen and oxygen atoms in total. The molecule has 1 N–H and O–H groups in total. The van der Waals surface area contributed by atoms with E-state index >= 15 is 0 Å². The Labute approximate surface area is 203 Å². The quantitative estimate of drug-likeness (QED) is 0.414. The highest BCUT2D eigenvalue weighted by Gasteiger charge is 2.24. The summed E-state index contributed by atoms with van der Waals surface area (Å²) in [5.41, 5.74) is 3.06. The molecule has 1 aliphatic heterocycles. The molecule has 0 fully saturated rings. The Balaban J connectivity index is 1.26. The maximum Gasteiger partial charge on any atom is 0.258 e. The largest absolute Gasteiger partial charge is 0.486 e. The second-order valence-electron chi connectivity index (χ2n) is 9.02. The molecular weight excluding hydrogens is 444 g/mol. The number of rotatable bonds is 7. The normalized spacial score (nSPS) is 15.0. The predicted octanol–water partition coefficient (Wildman–Crippen LogP) is 3.50. The molecule has 0 aliphatic carbocycles. The van der Waals surface area contributed by atoms with Gasteiger partial charge in [0, 0.05) is 17.0 Å². The minimum atomic E-state index is -0.176. The van der Waals surface area contributed by atoms with E-state index in [1.54, 1.807) is 6.07 Å². The zero-order chi connectivity index (χ0) is 24.5. The fourth-order valence-electron chi connectivity index (χ4n) is 4.57. The van der Waals surface area contributed by atoms with E-state index in [9.17, 15) is 9.59 Å². The zero-order valence-electron chi connectivity index (χ0n) is 20.1. The Kier molecular flexibility index (Phi) is 6.13. The minimum Gasteiger partial charge on any atom is -0.486 e. The fourth-order valence-corrected chi connectivity index (χ4v) is 4.57. The van der Waals surface area contributed by atoms with E-state index in [0.717, 1.165) is 22.9 Å². The van der Waals surface area contributed by atoms with E-state index in [1.165, 1.54) is 0 Å². The van der Waals surface area contributed by atoms with Crippen LogP contribution in [0.25, 0.3) is 10.9 Å². The van der Waals surface area contributed by atoms with Gasteiger partial charge in [0.05, 0.1) is 30.5 Å². The number of aryl methyl sites for hydroxylation is 1. The molecule has 0 saturated heterocycles. The average Bonchev–Trinajstić information content (AvgIpc) is 3.12. The van der Waals surface area contributed by atoms with Gasteiger partial charge in [-0.05, 0) is 51.2 Å². The van der Waals surface area contributed by atoms with E-state index in [-0.39, 0.29) is 24.0 Å². The van der Waals surface area contributed by atoms with Crippen molar-refractivity contribution in [2.45, 2.75) is 33.0 Å². The van der Waals surface area contributed by atoms with Crippen LogP contribution in [0.2, 0.25) is 0 Å². The third-order valence-corrected chi connectivity index (χ3v) is 6.32. The standard InChI is InChI=1S/C27H28N4O4/c1-17-12-21(18(2)31(17)13-19-16-34-24-10-6-7-11-25(24)35-19)23(32)14-30(3)15-26-28-22-9-5-4-8-20(22)27(33)29-26/h4-12,19H,13-16H2,1-3H3,(H,28,29,33)/t19-/m0/s1. The zero-order valence-corrected chi connectivity index (χ0v) is 20.1. The Morgan fingerprint density at radius 1 is 1.14 bits per heavy atom. The van der Waals surface area contributed by atoms with Crippen molar-refractivity contribution in [1.29, 1.82) is 0 Å². The molecule has 1 aliphatic rings. The van der Waals surface area contributed by atoms with Gasteiger partial charge in [0.2, 0.25) is 0 Å². The summed E-state index contributed by atoms with van der Waals surface area (Å²) in [4.78, 5) is 34.7. The third kappa shape index (κ3) is 4.70. The van der Waals surface area contributed by atoms with E-state index in [4.69, 9.17) is 9.47 Å². The molecule has 0 amide bonds. The summed E-state index contributed by atoms with van der Waals surface area (Å²) in [6, 6.07) is 16.8. The number of H-pyrrole nitrogens is 1. The van der Waals surface area contributed by atoms with Crippen LogP contribution in [0, 0.1) is 13.8 Å². The first kappa shape index (κ1) is 22.9. The van der Waals surface area contributed by atoms with Gasteiger partial charge in [0.1, 0.15) is 12.4 Å². The van der Waals surface area contributed by atoms with Crippen molar-refractivity contribution in [2.75, 3.05) is 20.2 Å². The Morgan fingerprint density at radius 2 is 1.89 bits per heavy atom. The van der Waals surface area contributed by atoms with Crippen LogP contribution in [0.5, 0.6) is 11.5 Å². The highest BCUT2D eigenvalue weighted by atomic mass is 16.6. The van der Waals surface area contributed by atoms with Crippen molar-refractivity contribution in [2.24, 2.45) is 0 Å².